The van der Waals surface area contributed by atoms with E-state index in [-0.39, 0.29) is 6.10 Å². The zero-order valence-electron chi connectivity index (χ0n) is 16.8. The number of hydrogen-bond acceptors (Lipinski definition) is 2. The van der Waals surface area contributed by atoms with Crippen molar-refractivity contribution in [3.05, 3.63) is 59.2 Å². The van der Waals surface area contributed by atoms with Crippen LogP contribution >= 0.6 is 0 Å². The molecule has 0 bridgehead atoms. The molecule has 0 amide bonds. The average molecular weight is 352 g/mol. The van der Waals surface area contributed by atoms with Crippen molar-refractivity contribution in [3.63, 3.8) is 0 Å². The second-order valence-corrected chi connectivity index (χ2v) is 7.27. The Balaban J connectivity index is 2.23. The molecular weight excluding hydrogens is 318 g/mol. The van der Waals surface area contributed by atoms with Gasteiger partial charge in [-0.05, 0) is 62.9 Å². The SMILES string of the molecule is CCCCCCCc1cc(C)cc(C=Nc2ccccc2)c1OC(C)C. The van der Waals surface area contributed by atoms with Gasteiger partial charge in [-0.15, -0.1) is 0 Å². The predicted octanol–water partition coefficient (Wildman–Crippen LogP) is 7.05. The van der Waals surface area contributed by atoms with E-state index in [4.69, 9.17) is 4.74 Å². The lowest BCUT2D eigenvalue weighted by Gasteiger charge is -2.18. The van der Waals surface area contributed by atoms with Gasteiger partial charge in [-0.2, -0.15) is 0 Å². The van der Waals surface area contributed by atoms with Gasteiger partial charge in [-0.1, -0.05) is 56.9 Å². The standard InChI is InChI=1S/C24H33NO/c1-5-6-7-8-10-13-21-16-20(4)17-22(24(21)26-19(2)3)18-25-23-14-11-9-12-15-23/h9,11-12,14-19H,5-8,10,13H2,1-4H3. The fourth-order valence-corrected chi connectivity index (χ4v) is 3.12. The number of aryl methyl sites for hydroxylation is 2. The highest BCUT2D eigenvalue weighted by Gasteiger charge is 2.12. The lowest BCUT2D eigenvalue weighted by molar-refractivity contribution is 0.239. The van der Waals surface area contributed by atoms with Crippen molar-refractivity contribution in [1.82, 2.24) is 0 Å². The third kappa shape index (κ3) is 6.67. The second-order valence-electron chi connectivity index (χ2n) is 7.27. The second kappa shape index (κ2) is 10.8. The molecule has 0 aliphatic heterocycles. The first-order valence-electron chi connectivity index (χ1n) is 9.99. The van der Waals surface area contributed by atoms with Gasteiger partial charge in [-0.3, -0.25) is 4.99 Å². The van der Waals surface area contributed by atoms with Crippen molar-refractivity contribution >= 4 is 11.9 Å². The largest absolute Gasteiger partial charge is 0.490 e. The van der Waals surface area contributed by atoms with Crippen molar-refractivity contribution in [1.29, 1.82) is 0 Å². The maximum Gasteiger partial charge on any atom is 0.131 e. The molecule has 2 aromatic carbocycles. The highest BCUT2D eigenvalue weighted by atomic mass is 16.5. The van der Waals surface area contributed by atoms with E-state index in [1.54, 1.807) is 0 Å². The first-order chi connectivity index (χ1) is 12.6. The van der Waals surface area contributed by atoms with E-state index in [9.17, 15) is 0 Å². The van der Waals surface area contributed by atoms with Gasteiger partial charge in [0.2, 0.25) is 0 Å². The van der Waals surface area contributed by atoms with Crippen LogP contribution in [-0.4, -0.2) is 12.3 Å². The Bertz CT molecular complexity index is 689. The molecule has 0 heterocycles. The maximum atomic E-state index is 6.21. The molecule has 0 N–H and O–H groups in total. The van der Waals surface area contributed by atoms with Crippen LogP contribution < -0.4 is 4.74 Å². The van der Waals surface area contributed by atoms with E-state index in [1.807, 2.05) is 36.5 Å². The van der Waals surface area contributed by atoms with Crippen LogP contribution in [0.15, 0.2) is 47.5 Å². The molecule has 0 aliphatic rings. The molecule has 0 radical (unpaired) electrons. The molecule has 2 aromatic rings. The zero-order valence-corrected chi connectivity index (χ0v) is 16.8. The number of benzene rings is 2. The molecule has 0 saturated heterocycles. The van der Waals surface area contributed by atoms with Crippen LogP contribution in [0.25, 0.3) is 0 Å². The van der Waals surface area contributed by atoms with Crippen molar-refractivity contribution < 1.29 is 4.74 Å². The normalized spacial score (nSPS) is 11.4. The Labute approximate surface area is 159 Å². The van der Waals surface area contributed by atoms with Crippen molar-refractivity contribution in [3.8, 4) is 5.75 Å². The number of para-hydroxylation sites is 1. The molecule has 0 fully saturated rings. The molecule has 140 valence electrons. The Morgan fingerprint density at radius 1 is 1.00 bits per heavy atom. The minimum absolute atomic E-state index is 0.153. The summed E-state index contributed by atoms with van der Waals surface area (Å²) in [6.07, 6.45) is 9.61. The summed E-state index contributed by atoms with van der Waals surface area (Å²) in [5.41, 5.74) is 4.61. The molecule has 2 heteroatoms. The lowest BCUT2D eigenvalue weighted by atomic mass is 9.99. The van der Waals surface area contributed by atoms with Gasteiger partial charge in [0.15, 0.2) is 0 Å². The number of rotatable bonds is 10. The van der Waals surface area contributed by atoms with Gasteiger partial charge in [0, 0.05) is 11.8 Å². The molecule has 2 nitrogen and oxygen atoms in total. The van der Waals surface area contributed by atoms with Crippen molar-refractivity contribution in [2.75, 3.05) is 0 Å². The average Bonchev–Trinajstić information content (AvgIpc) is 2.62. The van der Waals surface area contributed by atoms with Crippen LogP contribution in [-0.2, 0) is 6.42 Å². The van der Waals surface area contributed by atoms with E-state index >= 15 is 0 Å². The summed E-state index contributed by atoms with van der Waals surface area (Å²) >= 11 is 0. The van der Waals surface area contributed by atoms with E-state index in [0.29, 0.717) is 0 Å². The Morgan fingerprint density at radius 2 is 1.73 bits per heavy atom. The summed E-state index contributed by atoms with van der Waals surface area (Å²) in [6.45, 7) is 8.58. The highest BCUT2D eigenvalue weighted by Crippen LogP contribution is 2.28. The third-order valence-corrected chi connectivity index (χ3v) is 4.35. The molecule has 2 rings (SSSR count). The predicted molar refractivity (Wildman–Crippen MR) is 113 cm³/mol. The van der Waals surface area contributed by atoms with Crippen LogP contribution in [0.5, 0.6) is 5.75 Å². The summed E-state index contributed by atoms with van der Waals surface area (Å²) in [4.78, 5) is 4.64. The van der Waals surface area contributed by atoms with E-state index in [0.717, 1.165) is 23.4 Å². The van der Waals surface area contributed by atoms with E-state index < -0.39 is 0 Å². The number of aliphatic imine (C=N–C) groups is 1. The van der Waals surface area contributed by atoms with E-state index in [1.165, 1.54) is 43.2 Å². The first kappa shape index (κ1) is 20.2. The summed E-state index contributed by atoms with van der Waals surface area (Å²) < 4.78 is 6.21. The number of unbranched alkanes of at least 4 members (excludes halogenated alkanes) is 4. The van der Waals surface area contributed by atoms with Gasteiger partial charge >= 0.3 is 0 Å². The van der Waals surface area contributed by atoms with Crippen molar-refractivity contribution in [2.24, 2.45) is 4.99 Å². The van der Waals surface area contributed by atoms with Crippen LogP contribution in [0.1, 0.15) is 69.6 Å². The third-order valence-electron chi connectivity index (χ3n) is 4.35. The first-order valence-corrected chi connectivity index (χ1v) is 9.99. The summed E-state index contributed by atoms with van der Waals surface area (Å²) in [6, 6.07) is 14.5. The number of ether oxygens (including phenoxy) is 1. The smallest absolute Gasteiger partial charge is 0.131 e. The van der Waals surface area contributed by atoms with Crippen LogP contribution in [0.2, 0.25) is 0 Å². The van der Waals surface area contributed by atoms with Gasteiger partial charge in [0.25, 0.3) is 0 Å². The Hall–Kier alpha value is -2.09. The quantitative estimate of drug-likeness (QED) is 0.332. The molecule has 0 unspecified atom stereocenters. The molecule has 0 atom stereocenters. The molecule has 0 saturated carbocycles. The minimum atomic E-state index is 0.153. The Morgan fingerprint density at radius 3 is 2.42 bits per heavy atom. The Kier molecular flexibility index (Phi) is 8.40. The summed E-state index contributed by atoms with van der Waals surface area (Å²) in [5.74, 6) is 1.00. The molecule has 0 aliphatic carbocycles. The van der Waals surface area contributed by atoms with Crippen LogP contribution in [0.4, 0.5) is 5.69 Å². The van der Waals surface area contributed by atoms with Gasteiger partial charge in [0.1, 0.15) is 5.75 Å². The van der Waals surface area contributed by atoms with Crippen LogP contribution in [0, 0.1) is 6.92 Å². The molecular formula is C24H33NO. The fraction of sp³-hybridized carbons (Fsp3) is 0.458. The maximum absolute atomic E-state index is 6.21. The van der Waals surface area contributed by atoms with Gasteiger partial charge < -0.3 is 4.74 Å². The molecule has 0 aromatic heterocycles. The van der Waals surface area contributed by atoms with Crippen LogP contribution in [0.3, 0.4) is 0 Å². The monoisotopic (exact) mass is 351 g/mol. The summed E-state index contributed by atoms with van der Waals surface area (Å²) in [5, 5.41) is 0. The van der Waals surface area contributed by atoms with Gasteiger partial charge in [0.05, 0.1) is 11.8 Å². The summed E-state index contributed by atoms with van der Waals surface area (Å²) in [7, 11) is 0. The van der Waals surface area contributed by atoms with Gasteiger partial charge in [-0.25, -0.2) is 0 Å². The van der Waals surface area contributed by atoms with Crippen molar-refractivity contribution in [2.45, 2.75) is 72.3 Å². The fourth-order valence-electron chi connectivity index (χ4n) is 3.12. The number of nitrogens with zero attached hydrogens (tertiary/aromatic N) is 1. The lowest BCUT2D eigenvalue weighted by Crippen LogP contribution is -2.10. The van der Waals surface area contributed by atoms with E-state index in [2.05, 4.69) is 44.8 Å². The number of hydrogen-bond donors (Lipinski definition) is 0. The topological polar surface area (TPSA) is 21.6 Å². The molecule has 26 heavy (non-hydrogen) atoms. The zero-order chi connectivity index (χ0) is 18.8. The highest BCUT2D eigenvalue weighted by molar-refractivity contribution is 5.86. The minimum Gasteiger partial charge on any atom is -0.490 e. The molecule has 0 spiro atoms.